The van der Waals surface area contributed by atoms with Crippen LogP contribution in [0.15, 0.2) is 17.9 Å². The fourth-order valence-corrected chi connectivity index (χ4v) is 3.55. The second kappa shape index (κ2) is 7.18. The van der Waals surface area contributed by atoms with Gasteiger partial charge >= 0.3 is 5.97 Å². The molecule has 2 aromatic rings. The molecule has 1 saturated heterocycles. The van der Waals surface area contributed by atoms with E-state index in [1.54, 1.807) is 21.5 Å². The third-order valence-corrected chi connectivity index (χ3v) is 4.94. The summed E-state index contributed by atoms with van der Waals surface area (Å²) in [7, 11) is 0. The molecule has 8 heteroatoms. The van der Waals surface area contributed by atoms with Crippen LogP contribution in [-0.4, -0.2) is 45.6 Å². The van der Waals surface area contributed by atoms with Crippen molar-refractivity contribution in [1.82, 2.24) is 25.3 Å². The molecule has 1 aliphatic heterocycles. The number of carbonyl (C=O) groups excluding carboxylic acids is 1. The second-order valence-corrected chi connectivity index (χ2v) is 6.77. The summed E-state index contributed by atoms with van der Waals surface area (Å²) < 4.78 is 7.12. The number of esters is 1. The van der Waals surface area contributed by atoms with Crippen molar-refractivity contribution in [2.45, 2.75) is 32.7 Å². The van der Waals surface area contributed by atoms with E-state index in [0.29, 0.717) is 19.6 Å². The fourth-order valence-electron chi connectivity index (χ4n) is 2.97. The van der Waals surface area contributed by atoms with Crippen LogP contribution in [-0.2, 0) is 22.5 Å². The first-order valence-electron chi connectivity index (χ1n) is 7.86. The lowest BCUT2D eigenvalue weighted by Gasteiger charge is -2.34. The summed E-state index contributed by atoms with van der Waals surface area (Å²) in [4.78, 5) is 17.7. The van der Waals surface area contributed by atoms with Gasteiger partial charge in [-0.3, -0.25) is 9.78 Å². The number of ether oxygens (including phenoxy) is 1. The van der Waals surface area contributed by atoms with Crippen LogP contribution in [0.25, 0.3) is 0 Å². The van der Waals surface area contributed by atoms with Gasteiger partial charge in [0.25, 0.3) is 0 Å². The Kier molecular flexibility index (Phi) is 5.02. The smallest absolute Gasteiger partial charge is 0.312 e. The van der Waals surface area contributed by atoms with Gasteiger partial charge in [0.15, 0.2) is 0 Å². The zero-order valence-electron chi connectivity index (χ0n) is 13.2. The standard InChI is InChI=1S/C15H21N5O2S/c1-2-22-14(21)15(3-5-16-6-4-15)7-12-9-20(19-18-12)10-13-8-17-11-23-13/h8-9,11,16H,2-7,10H2,1H3. The van der Waals surface area contributed by atoms with Crippen molar-refractivity contribution in [3.05, 3.63) is 28.5 Å². The Morgan fingerprint density at radius 1 is 1.48 bits per heavy atom. The molecule has 7 nitrogen and oxygen atoms in total. The van der Waals surface area contributed by atoms with Gasteiger partial charge in [0, 0.05) is 23.7 Å². The van der Waals surface area contributed by atoms with Gasteiger partial charge in [0.2, 0.25) is 0 Å². The Labute approximate surface area is 139 Å². The lowest BCUT2D eigenvalue weighted by atomic mass is 9.75. The Bertz CT molecular complexity index is 634. The number of aromatic nitrogens is 4. The first-order chi connectivity index (χ1) is 11.2. The lowest BCUT2D eigenvalue weighted by Crippen LogP contribution is -2.44. The average Bonchev–Trinajstić information content (AvgIpc) is 3.21. The minimum atomic E-state index is -0.480. The molecule has 0 aliphatic carbocycles. The molecule has 3 heterocycles. The molecule has 0 unspecified atom stereocenters. The van der Waals surface area contributed by atoms with Crippen molar-refractivity contribution < 1.29 is 9.53 Å². The van der Waals surface area contributed by atoms with Gasteiger partial charge < -0.3 is 10.1 Å². The molecule has 0 saturated carbocycles. The SMILES string of the molecule is CCOC(=O)C1(Cc2cn(Cc3cncs3)nn2)CCNCC1. The highest BCUT2D eigenvalue weighted by Crippen LogP contribution is 2.34. The normalized spacial score (nSPS) is 17.1. The third-order valence-electron chi connectivity index (χ3n) is 4.18. The molecule has 3 rings (SSSR count). The highest BCUT2D eigenvalue weighted by atomic mass is 32.1. The zero-order valence-corrected chi connectivity index (χ0v) is 14.0. The first-order valence-corrected chi connectivity index (χ1v) is 8.74. The van der Waals surface area contributed by atoms with E-state index in [1.807, 2.05) is 19.3 Å². The number of nitrogens with one attached hydrogen (secondary N) is 1. The second-order valence-electron chi connectivity index (χ2n) is 5.80. The summed E-state index contributed by atoms with van der Waals surface area (Å²) in [6, 6.07) is 0. The summed E-state index contributed by atoms with van der Waals surface area (Å²) in [5, 5.41) is 11.7. The van der Waals surface area contributed by atoms with E-state index in [1.165, 1.54) is 0 Å². The number of piperidine rings is 1. The predicted molar refractivity (Wildman–Crippen MR) is 86.1 cm³/mol. The van der Waals surface area contributed by atoms with Crippen molar-refractivity contribution in [2.75, 3.05) is 19.7 Å². The molecular formula is C15H21N5O2S. The first kappa shape index (κ1) is 16.1. The number of rotatable bonds is 6. The minimum absolute atomic E-state index is 0.112. The number of carbonyl (C=O) groups is 1. The van der Waals surface area contributed by atoms with Crippen LogP contribution in [0.1, 0.15) is 30.3 Å². The highest BCUT2D eigenvalue weighted by Gasteiger charge is 2.41. The van der Waals surface area contributed by atoms with E-state index in [2.05, 4.69) is 20.6 Å². The number of thiazole rings is 1. The van der Waals surface area contributed by atoms with Crippen LogP contribution in [0, 0.1) is 5.41 Å². The Hall–Kier alpha value is -1.80. The quantitative estimate of drug-likeness (QED) is 0.800. The lowest BCUT2D eigenvalue weighted by molar-refractivity contribution is -0.157. The molecule has 1 fully saturated rings. The van der Waals surface area contributed by atoms with E-state index in [4.69, 9.17) is 4.74 Å². The summed E-state index contributed by atoms with van der Waals surface area (Å²) in [6.45, 7) is 4.57. The molecule has 1 aliphatic rings. The van der Waals surface area contributed by atoms with E-state index < -0.39 is 5.41 Å². The third kappa shape index (κ3) is 3.76. The largest absolute Gasteiger partial charge is 0.466 e. The van der Waals surface area contributed by atoms with Gasteiger partial charge in [0.05, 0.1) is 29.8 Å². The van der Waals surface area contributed by atoms with E-state index in [0.717, 1.165) is 36.5 Å². The van der Waals surface area contributed by atoms with Crippen LogP contribution in [0.3, 0.4) is 0 Å². The topological polar surface area (TPSA) is 81.9 Å². The van der Waals surface area contributed by atoms with Gasteiger partial charge in [-0.25, -0.2) is 4.68 Å². The summed E-state index contributed by atoms with van der Waals surface area (Å²) in [6.07, 6.45) is 5.87. The van der Waals surface area contributed by atoms with Crippen LogP contribution in [0.5, 0.6) is 0 Å². The van der Waals surface area contributed by atoms with Gasteiger partial charge in [0.1, 0.15) is 0 Å². The molecule has 1 N–H and O–H groups in total. The molecular weight excluding hydrogens is 314 g/mol. The summed E-state index contributed by atoms with van der Waals surface area (Å²) in [5.74, 6) is -0.112. The van der Waals surface area contributed by atoms with Gasteiger partial charge in [-0.15, -0.1) is 16.4 Å². The van der Waals surface area contributed by atoms with Gasteiger partial charge in [-0.05, 0) is 32.9 Å². The molecule has 0 bridgehead atoms. The summed E-state index contributed by atoms with van der Waals surface area (Å²) >= 11 is 1.59. The highest BCUT2D eigenvalue weighted by molar-refractivity contribution is 7.09. The Morgan fingerprint density at radius 2 is 2.30 bits per heavy atom. The van der Waals surface area contributed by atoms with Crippen molar-refractivity contribution in [2.24, 2.45) is 5.41 Å². The molecule has 23 heavy (non-hydrogen) atoms. The molecule has 0 aromatic carbocycles. The van der Waals surface area contributed by atoms with Crippen LogP contribution in [0.4, 0.5) is 0 Å². The Morgan fingerprint density at radius 3 is 3.00 bits per heavy atom. The zero-order chi connectivity index (χ0) is 16.1. The Balaban J connectivity index is 1.72. The van der Waals surface area contributed by atoms with Gasteiger partial charge in [-0.2, -0.15) is 0 Å². The maximum absolute atomic E-state index is 12.5. The van der Waals surface area contributed by atoms with Crippen LogP contribution in [0.2, 0.25) is 0 Å². The van der Waals surface area contributed by atoms with Crippen molar-refractivity contribution >= 4 is 17.3 Å². The van der Waals surface area contributed by atoms with Crippen LogP contribution < -0.4 is 5.32 Å². The maximum Gasteiger partial charge on any atom is 0.312 e. The van der Waals surface area contributed by atoms with E-state index in [9.17, 15) is 4.79 Å². The monoisotopic (exact) mass is 335 g/mol. The maximum atomic E-state index is 12.5. The molecule has 0 spiro atoms. The van der Waals surface area contributed by atoms with Gasteiger partial charge in [-0.1, -0.05) is 5.21 Å². The molecule has 0 atom stereocenters. The van der Waals surface area contributed by atoms with Crippen LogP contribution >= 0.6 is 11.3 Å². The van der Waals surface area contributed by atoms with E-state index >= 15 is 0 Å². The summed E-state index contributed by atoms with van der Waals surface area (Å²) in [5.41, 5.74) is 2.16. The van der Waals surface area contributed by atoms with Crippen molar-refractivity contribution in [3.8, 4) is 0 Å². The number of hydrogen-bond donors (Lipinski definition) is 1. The predicted octanol–water partition coefficient (Wildman–Crippen LogP) is 1.26. The van der Waals surface area contributed by atoms with E-state index in [-0.39, 0.29) is 5.97 Å². The molecule has 2 aromatic heterocycles. The fraction of sp³-hybridized carbons (Fsp3) is 0.600. The molecule has 0 amide bonds. The number of hydrogen-bond acceptors (Lipinski definition) is 7. The molecule has 0 radical (unpaired) electrons. The number of nitrogens with zero attached hydrogens (tertiary/aromatic N) is 4. The van der Waals surface area contributed by atoms with Crippen molar-refractivity contribution in [1.29, 1.82) is 0 Å². The average molecular weight is 335 g/mol. The minimum Gasteiger partial charge on any atom is -0.466 e. The molecule has 124 valence electrons. The van der Waals surface area contributed by atoms with Crippen molar-refractivity contribution in [3.63, 3.8) is 0 Å².